The van der Waals surface area contributed by atoms with E-state index in [1.165, 1.54) is 22.0 Å². The zero-order valence-corrected chi connectivity index (χ0v) is 13.6. The third-order valence-corrected chi connectivity index (χ3v) is 4.44. The van der Waals surface area contributed by atoms with E-state index in [1.54, 1.807) is 7.11 Å². The summed E-state index contributed by atoms with van der Waals surface area (Å²) in [4.78, 5) is 0. The van der Waals surface area contributed by atoms with Crippen molar-refractivity contribution in [3.05, 3.63) is 102 Å². The van der Waals surface area contributed by atoms with E-state index >= 15 is 0 Å². The summed E-state index contributed by atoms with van der Waals surface area (Å²) >= 11 is 0. The molecular formula is C22H19NO. The molecule has 0 fully saturated rings. The standard InChI is InChI=1S/C22H19NO/c1-24-20-12-13-21-19(16-20)14-15-23(21)22(17-8-4-2-5-9-17)18-10-6-3-7-11-18/h2-16,22H,1H3. The number of nitrogens with zero attached hydrogens (tertiary/aromatic N) is 1. The zero-order chi connectivity index (χ0) is 16.4. The molecule has 0 aliphatic carbocycles. The van der Waals surface area contributed by atoms with Gasteiger partial charge in [-0.05, 0) is 35.4 Å². The first kappa shape index (κ1) is 14.6. The van der Waals surface area contributed by atoms with Crippen LogP contribution in [0.3, 0.4) is 0 Å². The molecule has 0 aliphatic heterocycles. The van der Waals surface area contributed by atoms with Crippen molar-refractivity contribution in [1.82, 2.24) is 4.57 Å². The molecule has 0 spiro atoms. The number of aromatic nitrogens is 1. The maximum Gasteiger partial charge on any atom is 0.119 e. The fraction of sp³-hybridized carbons (Fsp3) is 0.0909. The Morgan fingerprint density at radius 1 is 0.750 bits per heavy atom. The Morgan fingerprint density at radius 2 is 1.38 bits per heavy atom. The lowest BCUT2D eigenvalue weighted by Crippen LogP contribution is -2.11. The minimum atomic E-state index is 0.151. The third kappa shape index (κ3) is 2.56. The molecule has 2 heteroatoms. The first-order chi connectivity index (χ1) is 11.9. The molecule has 118 valence electrons. The van der Waals surface area contributed by atoms with Crippen molar-refractivity contribution in [3.63, 3.8) is 0 Å². The number of rotatable bonds is 4. The van der Waals surface area contributed by atoms with Gasteiger partial charge in [-0.3, -0.25) is 0 Å². The fourth-order valence-corrected chi connectivity index (χ4v) is 3.28. The largest absolute Gasteiger partial charge is 0.497 e. The highest BCUT2D eigenvalue weighted by molar-refractivity contribution is 5.82. The SMILES string of the molecule is COc1ccc2c(ccn2C(c2ccccc2)c2ccccc2)c1. The Labute approximate surface area is 141 Å². The highest BCUT2D eigenvalue weighted by atomic mass is 16.5. The number of ether oxygens (including phenoxy) is 1. The third-order valence-electron chi connectivity index (χ3n) is 4.44. The normalized spacial score (nSPS) is 11.1. The molecule has 0 saturated carbocycles. The second kappa shape index (κ2) is 6.25. The molecule has 0 unspecified atom stereocenters. The molecule has 1 aromatic heterocycles. The van der Waals surface area contributed by atoms with E-state index in [0.717, 1.165) is 5.75 Å². The van der Waals surface area contributed by atoms with E-state index in [2.05, 4.69) is 89.6 Å². The summed E-state index contributed by atoms with van der Waals surface area (Å²) in [5.41, 5.74) is 3.75. The molecule has 0 aliphatic rings. The van der Waals surface area contributed by atoms with Crippen LogP contribution in [0.5, 0.6) is 5.75 Å². The summed E-state index contributed by atoms with van der Waals surface area (Å²) in [5.74, 6) is 0.885. The summed E-state index contributed by atoms with van der Waals surface area (Å²) in [6.07, 6.45) is 2.16. The Morgan fingerprint density at radius 3 is 1.96 bits per heavy atom. The van der Waals surface area contributed by atoms with Gasteiger partial charge < -0.3 is 9.30 Å². The number of benzene rings is 3. The molecule has 0 amide bonds. The van der Waals surface area contributed by atoms with Gasteiger partial charge in [0.1, 0.15) is 5.75 Å². The van der Waals surface area contributed by atoms with Crippen molar-refractivity contribution in [1.29, 1.82) is 0 Å². The lowest BCUT2D eigenvalue weighted by Gasteiger charge is -2.21. The minimum Gasteiger partial charge on any atom is -0.497 e. The van der Waals surface area contributed by atoms with Crippen molar-refractivity contribution >= 4 is 10.9 Å². The summed E-state index contributed by atoms with van der Waals surface area (Å²) in [7, 11) is 1.70. The van der Waals surface area contributed by atoms with Gasteiger partial charge in [0, 0.05) is 17.1 Å². The van der Waals surface area contributed by atoms with Gasteiger partial charge in [-0.25, -0.2) is 0 Å². The quantitative estimate of drug-likeness (QED) is 0.499. The molecule has 0 bridgehead atoms. The molecular weight excluding hydrogens is 294 g/mol. The number of hydrogen-bond acceptors (Lipinski definition) is 1. The van der Waals surface area contributed by atoms with Crippen LogP contribution in [-0.2, 0) is 0 Å². The van der Waals surface area contributed by atoms with Gasteiger partial charge in [0.05, 0.1) is 13.2 Å². The van der Waals surface area contributed by atoms with Crippen LogP contribution in [0.1, 0.15) is 17.2 Å². The van der Waals surface area contributed by atoms with Crippen molar-refractivity contribution < 1.29 is 4.74 Å². The van der Waals surface area contributed by atoms with Crippen LogP contribution in [0.25, 0.3) is 10.9 Å². The molecule has 0 N–H and O–H groups in total. The second-order valence-corrected chi connectivity index (χ2v) is 5.87. The molecule has 0 atom stereocenters. The predicted molar refractivity (Wildman–Crippen MR) is 98.6 cm³/mol. The first-order valence-corrected chi connectivity index (χ1v) is 8.11. The lowest BCUT2D eigenvalue weighted by atomic mass is 9.98. The van der Waals surface area contributed by atoms with Crippen LogP contribution in [0, 0.1) is 0 Å². The van der Waals surface area contributed by atoms with Gasteiger partial charge in [0.2, 0.25) is 0 Å². The van der Waals surface area contributed by atoms with Gasteiger partial charge in [0.15, 0.2) is 0 Å². The van der Waals surface area contributed by atoms with Gasteiger partial charge in [-0.2, -0.15) is 0 Å². The monoisotopic (exact) mass is 313 g/mol. The van der Waals surface area contributed by atoms with E-state index in [9.17, 15) is 0 Å². The number of fused-ring (bicyclic) bond motifs is 1. The van der Waals surface area contributed by atoms with Crippen LogP contribution in [0.2, 0.25) is 0 Å². The van der Waals surface area contributed by atoms with Crippen LogP contribution < -0.4 is 4.74 Å². The van der Waals surface area contributed by atoms with Crippen molar-refractivity contribution in [2.45, 2.75) is 6.04 Å². The van der Waals surface area contributed by atoms with Crippen LogP contribution in [-0.4, -0.2) is 11.7 Å². The van der Waals surface area contributed by atoms with E-state index in [-0.39, 0.29) is 6.04 Å². The van der Waals surface area contributed by atoms with E-state index < -0.39 is 0 Å². The van der Waals surface area contributed by atoms with E-state index in [4.69, 9.17) is 4.74 Å². The molecule has 4 aromatic rings. The molecule has 0 radical (unpaired) electrons. The maximum absolute atomic E-state index is 5.35. The highest BCUT2D eigenvalue weighted by Crippen LogP contribution is 2.32. The first-order valence-electron chi connectivity index (χ1n) is 8.11. The van der Waals surface area contributed by atoms with Crippen LogP contribution in [0.4, 0.5) is 0 Å². The average molecular weight is 313 g/mol. The average Bonchev–Trinajstić information content (AvgIpc) is 3.07. The molecule has 0 saturated heterocycles. The molecule has 2 nitrogen and oxygen atoms in total. The van der Waals surface area contributed by atoms with Gasteiger partial charge in [-0.1, -0.05) is 60.7 Å². The van der Waals surface area contributed by atoms with Gasteiger partial charge in [0.25, 0.3) is 0 Å². The van der Waals surface area contributed by atoms with Crippen molar-refractivity contribution in [2.24, 2.45) is 0 Å². The maximum atomic E-state index is 5.35. The van der Waals surface area contributed by atoms with Crippen molar-refractivity contribution in [3.8, 4) is 5.75 Å². The number of hydrogen-bond donors (Lipinski definition) is 0. The van der Waals surface area contributed by atoms with Crippen molar-refractivity contribution in [2.75, 3.05) is 7.11 Å². The van der Waals surface area contributed by atoms with Crippen LogP contribution >= 0.6 is 0 Å². The Kier molecular flexibility index (Phi) is 3.80. The minimum absolute atomic E-state index is 0.151. The predicted octanol–water partition coefficient (Wildman–Crippen LogP) is 5.29. The molecule has 24 heavy (non-hydrogen) atoms. The molecule has 3 aromatic carbocycles. The zero-order valence-electron chi connectivity index (χ0n) is 13.6. The fourth-order valence-electron chi connectivity index (χ4n) is 3.28. The van der Waals surface area contributed by atoms with Crippen LogP contribution in [0.15, 0.2) is 91.1 Å². The van der Waals surface area contributed by atoms with Gasteiger partial charge in [-0.15, -0.1) is 0 Å². The summed E-state index contributed by atoms with van der Waals surface area (Å²) in [6.45, 7) is 0. The Hall–Kier alpha value is -3.00. The molecule has 1 heterocycles. The Balaban J connectivity index is 1.91. The van der Waals surface area contributed by atoms with Gasteiger partial charge >= 0.3 is 0 Å². The Bertz CT molecular complexity index is 902. The smallest absolute Gasteiger partial charge is 0.119 e. The summed E-state index contributed by atoms with van der Waals surface area (Å²) in [6, 6.07) is 29.8. The van der Waals surface area contributed by atoms with E-state index in [0.29, 0.717) is 0 Å². The van der Waals surface area contributed by atoms with E-state index in [1.807, 2.05) is 6.07 Å². The second-order valence-electron chi connectivity index (χ2n) is 5.87. The topological polar surface area (TPSA) is 14.2 Å². The highest BCUT2D eigenvalue weighted by Gasteiger charge is 2.17. The summed E-state index contributed by atoms with van der Waals surface area (Å²) < 4.78 is 7.68. The molecule has 4 rings (SSSR count). The summed E-state index contributed by atoms with van der Waals surface area (Å²) in [5, 5.41) is 1.19. The lowest BCUT2D eigenvalue weighted by molar-refractivity contribution is 0.415. The number of methoxy groups -OCH3 is 1.